The molecule has 1 rings (SSSR count). The Bertz CT molecular complexity index is 208. The average Bonchev–Trinajstić information content (AvgIpc) is 2.43. The first-order chi connectivity index (χ1) is 8.76. The lowest BCUT2D eigenvalue weighted by Crippen LogP contribution is -2.45. The van der Waals surface area contributed by atoms with E-state index >= 15 is 0 Å². The molecule has 4 heteroatoms. The second-order valence-electron chi connectivity index (χ2n) is 5.41. The van der Waals surface area contributed by atoms with Crippen molar-refractivity contribution in [2.75, 3.05) is 33.1 Å². The van der Waals surface area contributed by atoms with Crippen molar-refractivity contribution in [1.29, 1.82) is 0 Å². The summed E-state index contributed by atoms with van der Waals surface area (Å²) in [6.07, 6.45) is 11.4. The van der Waals surface area contributed by atoms with Gasteiger partial charge < -0.3 is 15.8 Å². The van der Waals surface area contributed by atoms with Crippen molar-refractivity contribution in [1.82, 2.24) is 5.32 Å². The average molecular weight is 274 g/mol. The molecule has 0 bridgehead atoms. The van der Waals surface area contributed by atoms with Crippen molar-refractivity contribution < 1.29 is 4.74 Å². The molecule has 0 spiro atoms. The number of ether oxygens (including phenoxy) is 1. The second kappa shape index (κ2) is 9.18. The summed E-state index contributed by atoms with van der Waals surface area (Å²) in [5, 5.41) is 3.72. The molecule has 0 heterocycles. The minimum Gasteiger partial charge on any atom is -0.383 e. The Hall–Kier alpha value is 0.230. The van der Waals surface area contributed by atoms with Crippen LogP contribution in [0.1, 0.15) is 44.9 Å². The van der Waals surface area contributed by atoms with Gasteiger partial charge in [0.1, 0.15) is 0 Å². The molecule has 0 aromatic heterocycles. The van der Waals surface area contributed by atoms with E-state index in [4.69, 9.17) is 10.5 Å². The van der Waals surface area contributed by atoms with Gasteiger partial charge in [0, 0.05) is 24.4 Å². The number of rotatable bonds is 9. The zero-order valence-corrected chi connectivity index (χ0v) is 12.9. The highest BCUT2D eigenvalue weighted by atomic mass is 32.2. The highest BCUT2D eigenvalue weighted by Gasteiger charge is 2.31. The third kappa shape index (κ3) is 5.47. The molecular formula is C14H30N2OS. The van der Waals surface area contributed by atoms with Crippen LogP contribution in [0.4, 0.5) is 0 Å². The van der Waals surface area contributed by atoms with Crippen molar-refractivity contribution in [3.8, 4) is 0 Å². The minimum atomic E-state index is 0.463. The molecule has 0 saturated heterocycles. The molecule has 0 aromatic carbocycles. The van der Waals surface area contributed by atoms with Crippen LogP contribution in [0.2, 0.25) is 0 Å². The van der Waals surface area contributed by atoms with Crippen LogP contribution >= 0.6 is 11.8 Å². The molecule has 1 fully saturated rings. The van der Waals surface area contributed by atoms with E-state index in [1.54, 1.807) is 7.11 Å². The molecule has 108 valence electrons. The Morgan fingerprint density at radius 2 is 2.06 bits per heavy atom. The van der Waals surface area contributed by atoms with Gasteiger partial charge in [-0.1, -0.05) is 19.3 Å². The minimum absolute atomic E-state index is 0.463. The largest absolute Gasteiger partial charge is 0.383 e. The molecule has 3 nitrogen and oxygen atoms in total. The molecule has 0 amide bonds. The molecule has 0 aromatic rings. The standard InChI is InChI=1S/C14H30N2OS/c1-17-11-13(7-6-10-15)16-12-14(18-2)8-4-3-5-9-14/h13,16H,3-12,15H2,1-2H3. The van der Waals surface area contributed by atoms with E-state index in [-0.39, 0.29) is 0 Å². The van der Waals surface area contributed by atoms with Gasteiger partial charge in [-0.05, 0) is 38.5 Å². The number of thioether (sulfide) groups is 1. The van der Waals surface area contributed by atoms with E-state index in [0.717, 1.165) is 32.5 Å². The van der Waals surface area contributed by atoms with Crippen molar-refractivity contribution in [2.45, 2.75) is 55.7 Å². The van der Waals surface area contributed by atoms with E-state index in [0.29, 0.717) is 10.8 Å². The summed E-state index contributed by atoms with van der Waals surface area (Å²) in [6, 6.07) is 0.463. The Morgan fingerprint density at radius 3 is 2.61 bits per heavy atom. The Morgan fingerprint density at radius 1 is 1.33 bits per heavy atom. The lowest BCUT2D eigenvalue weighted by Gasteiger charge is -2.37. The van der Waals surface area contributed by atoms with Crippen molar-refractivity contribution in [3.63, 3.8) is 0 Å². The summed E-state index contributed by atoms with van der Waals surface area (Å²) in [5.41, 5.74) is 5.59. The van der Waals surface area contributed by atoms with E-state index in [2.05, 4.69) is 11.6 Å². The molecule has 1 saturated carbocycles. The highest BCUT2D eigenvalue weighted by Crippen LogP contribution is 2.38. The molecule has 3 N–H and O–H groups in total. The third-order valence-corrected chi connectivity index (χ3v) is 5.45. The summed E-state index contributed by atoms with van der Waals surface area (Å²) < 4.78 is 5.76. The van der Waals surface area contributed by atoms with E-state index in [1.165, 1.54) is 32.1 Å². The van der Waals surface area contributed by atoms with Gasteiger partial charge >= 0.3 is 0 Å². The number of hydrogen-bond acceptors (Lipinski definition) is 4. The molecule has 1 aliphatic rings. The Labute approximate surface area is 117 Å². The number of hydrogen-bond donors (Lipinski definition) is 2. The van der Waals surface area contributed by atoms with Crippen LogP contribution in [0.3, 0.4) is 0 Å². The van der Waals surface area contributed by atoms with Gasteiger partial charge in [0.2, 0.25) is 0 Å². The fourth-order valence-corrected chi connectivity index (χ4v) is 3.71. The fraction of sp³-hybridized carbons (Fsp3) is 1.00. The zero-order chi connectivity index (χ0) is 13.3. The van der Waals surface area contributed by atoms with E-state index in [9.17, 15) is 0 Å². The highest BCUT2D eigenvalue weighted by molar-refractivity contribution is 8.00. The van der Waals surface area contributed by atoms with Gasteiger partial charge in [0.05, 0.1) is 6.61 Å². The molecule has 0 radical (unpaired) electrons. The van der Waals surface area contributed by atoms with Crippen LogP contribution in [-0.2, 0) is 4.74 Å². The molecule has 0 aliphatic heterocycles. The second-order valence-corrected chi connectivity index (χ2v) is 6.69. The van der Waals surface area contributed by atoms with E-state index in [1.807, 2.05) is 11.8 Å². The van der Waals surface area contributed by atoms with Crippen molar-refractivity contribution in [2.24, 2.45) is 5.73 Å². The topological polar surface area (TPSA) is 47.3 Å². The fourth-order valence-electron chi connectivity index (χ4n) is 2.79. The first-order valence-corrected chi connectivity index (χ1v) is 8.46. The van der Waals surface area contributed by atoms with Crippen LogP contribution in [0.25, 0.3) is 0 Å². The van der Waals surface area contributed by atoms with Crippen LogP contribution in [-0.4, -0.2) is 43.9 Å². The lowest BCUT2D eigenvalue weighted by atomic mass is 9.88. The molecular weight excluding hydrogens is 244 g/mol. The maximum atomic E-state index is 5.59. The first kappa shape index (κ1) is 16.3. The molecule has 1 aliphatic carbocycles. The summed E-state index contributed by atoms with van der Waals surface area (Å²) in [7, 11) is 1.78. The normalized spacial score (nSPS) is 20.8. The van der Waals surface area contributed by atoms with Gasteiger partial charge in [-0.2, -0.15) is 11.8 Å². The van der Waals surface area contributed by atoms with Gasteiger partial charge in [-0.15, -0.1) is 0 Å². The van der Waals surface area contributed by atoms with Gasteiger partial charge in [-0.25, -0.2) is 0 Å². The van der Waals surface area contributed by atoms with Crippen LogP contribution < -0.4 is 11.1 Å². The van der Waals surface area contributed by atoms with Crippen molar-refractivity contribution in [3.05, 3.63) is 0 Å². The van der Waals surface area contributed by atoms with Gasteiger partial charge in [-0.3, -0.25) is 0 Å². The Kier molecular flexibility index (Phi) is 8.31. The molecule has 1 atom stereocenters. The summed E-state index contributed by atoms with van der Waals surface area (Å²) in [4.78, 5) is 0. The monoisotopic (exact) mass is 274 g/mol. The maximum Gasteiger partial charge on any atom is 0.0615 e. The maximum absolute atomic E-state index is 5.59. The van der Waals surface area contributed by atoms with Crippen molar-refractivity contribution >= 4 is 11.8 Å². The zero-order valence-electron chi connectivity index (χ0n) is 12.0. The predicted molar refractivity (Wildman–Crippen MR) is 81.3 cm³/mol. The van der Waals surface area contributed by atoms with Crippen LogP contribution in [0.5, 0.6) is 0 Å². The third-order valence-electron chi connectivity index (χ3n) is 4.04. The predicted octanol–water partition coefficient (Wildman–Crippen LogP) is 2.40. The Balaban J connectivity index is 2.37. The lowest BCUT2D eigenvalue weighted by molar-refractivity contribution is 0.158. The van der Waals surface area contributed by atoms with Gasteiger partial charge in [0.25, 0.3) is 0 Å². The quantitative estimate of drug-likeness (QED) is 0.678. The van der Waals surface area contributed by atoms with Gasteiger partial charge in [0.15, 0.2) is 0 Å². The summed E-state index contributed by atoms with van der Waals surface area (Å²) in [5.74, 6) is 0. The van der Waals surface area contributed by atoms with Crippen LogP contribution in [0.15, 0.2) is 0 Å². The number of methoxy groups -OCH3 is 1. The first-order valence-electron chi connectivity index (χ1n) is 7.24. The molecule has 1 unspecified atom stereocenters. The van der Waals surface area contributed by atoms with Crippen LogP contribution in [0, 0.1) is 0 Å². The summed E-state index contributed by atoms with van der Waals surface area (Å²) >= 11 is 2.05. The SMILES string of the molecule is COCC(CCCN)NCC1(SC)CCCCC1. The van der Waals surface area contributed by atoms with E-state index < -0.39 is 0 Å². The molecule has 18 heavy (non-hydrogen) atoms. The summed E-state index contributed by atoms with van der Waals surface area (Å²) in [6.45, 7) is 2.69. The number of nitrogens with one attached hydrogen (secondary N) is 1. The number of nitrogens with two attached hydrogens (primary N) is 1. The smallest absolute Gasteiger partial charge is 0.0615 e.